The molecule has 1 fully saturated rings. The summed E-state index contributed by atoms with van der Waals surface area (Å²) < 4.78 is 28.0. The number of carboxylic acid groups (broad SMARTS) is 1. The number of aromatic nitrogens is 1. The van der Waals surface area contributed by atoms with Crippen molar-refractivity contribution < 1.29 is 23.5 Å². The monoisotopic (exact) mass is 482 g/mol. The smallest absolute Gasteiger partial charge is 0.405 e. The van der Waals surface area contributed by atoms with Crippen LogP contribution in [0.4, 0.5) is 25.1 Å². The van der Waals surface area contributed by atoms with E-state index in [2.05, 4.69) is 15.6 Å². The number of rotatable bonds is 5. The predicted molar refractivity (Wildman–Crippen MR) is 131 cm³/mol. The van der Waals surface area contributed by atoms with Gasteiger partial charge in [-0.3, -0.25) is 4.79 Å². The Morgan fingerprint density at radius 3 is 2.60 bits per heavy atom. The molecule has 1 aliphatic heterocycles. The Hall–Kier alpha value is -3.75. The molecule has 0 radical (unpaired) electrons. The van der Waals surface area contributed by atoms with Crippen molar-refractivity contribution in [2.45, 2.75) is 44.6 Å². The van der Waals surface area contributed by atoms with Crippen LogP contribution in [0, 0.1) is 0 Å². The highest BCUT2D eigenvalue weighted by molar-refractivity contribution is 6.09. The molecular weight excluding hydrogens is 454 g/mol. The van der Waals surface area contributed by atoms with E-state index < -0.39 is 23.5 Å². The first-order valence-corrected chi connectivity index (χ1v) is 11.5. The van der Waals surface area contributed by atoms with Gasteiger partial charge in [-0.1, -0.05) is 30.3 Å². The maximum Gasteiger partial charge on any atom is 0.405 e. The normalized spacial score (nSPS) is 15.9. The Bertz CT molecular complexity index is 1260. The molecule has 0 saturated carbocycles. The van der Waals surface area contributed by atoms with E-state index in [-0.39, 0.29) is 19.4 Å². The molecule has 0 atom stereocenters. The van der Waals surface area contributed by atoms with Crippen molar-refractivity contribution in [3.8, 4) is 0 Å². The van der Waals surface area contributed by atoms with Crippen LogP contribution in [0.3, 0.4) is 0 Å². The third kappa shape index (κ3) is 5.67. The van der Waals surface area contributed by atoms with Crippen LogP contribution in [-0.4, -0.2) is 41.1 Å². The predicted octanol–water partition coefficient (Wildman–Crippen LogP) is 5.62. The lowest BCUT2D eigenvalue weighted by molar-refractivity contribution is -0.0102. The molecule has 0 spiro atoms. The maximum atomic E-state index is 14.0. The summed E-state index contributed by atoms with van der Waals surface area (Å²) >= 11 is 0. The van der Waals surface area contributed by atoms with E-state index in [1.165, 1.54) is 0 Å². The summed E-state index contributed by atoms with van der Waals surface area (Å²) in [5.41, 5.74) is 1.25. The molecule has 4 rings (SSSR count). The number of hydrogen-bond acceptors (Lipinski definition) is 4. The van der Waals surface area contributed by atoms with Gasteiger partial charge in [-0.25, -0.2) is 18.6 Å². The molecule has 0 aliphatic carbocycles. The number of benzene rings is 2. The fourth-order valence-corrected chi connectivity index (χ4v) is 4.31. The second-order valence-corrected chi connectivity index (χ2v) is 9.34. The van der Waals surface area contributed by atoms with Gasteiger partial charge in [0.15, 0.2) is 0 Å². The molecule has 7 nitrogen and oxygen atoms in total. The maximum absolute atomic E-state index is 14.0. The zero-order valence-electron chi connectivity index (χ0n) is 19.6. The number of nitrogens with one attached hydrogen (secondary N) is 2. The zero-order valence-corrected chi connectivity index (χ0v) is 19.6. The van der Waals surface area contributed by atoms with Gasteiger partial charge < -0.3 is 20.6 Å². The van der Waals surface area contributed by atoms with Crippen LogP contribution in [0.15, 0.2) is 54.6 Å². The highest BCUT2D eigenvalue weighted by Gasteiger charge is 2.33. The summed E-state index contributed by atoms with van der Waals surface area (Å²) in [7, 11) is 0. The first-order chi connectivity index (χ1) is 16.5. The number of fused-ring (bicyclic) bond motifs is 1. The van der Waals surface area contributed by atoms with Crippen LogP contribution in [0.5, 0.6) is 0 Å². The fourth-order valence-electron chi connectivity index (χ4n) is 4.31. The van der Waals surface area contributed by atoms with E-state index in [4.69, 9.17) is 5.11 Å². The van der Waals surface area contributed by atoms with Gasteiger partial charge in [0.2, 0.25) is 5.92 Å². The van der Waals surface area contributed by atoms with E-state index in [9.17, 15) is 18.4 Å². The van der Waals surface area contributed by atoms with Crippen molar-refractivity contribution in [2.75, 3.05) is 23.3 Å². The standard InChI is InChI=1S/C26H28F2N4O3/c1-25(2,31-24(34)35)18-8-5-9-19(16-18)29-23(33)20-15-17-7-3-4-10-21(17)30-22(20)32-13-6-11-26(27,28)12-14-32/h3-5,7-10,15-16,31H,6,11-14H2,1-2H3,(H,29,33)(H,34,35). The lowest BCUT2D eigenvalue weighted by atomic mass is 9.94. The Morgan fingerprint density at radius 1 is 1.06 bits per heavy atom. The molecule has 35 heavy (non-hydrogen) atoms. The number of nitrogens with zero attached hydrogens (tertiary/aromatic N) is 2. The van der Waals surface area contributed by atoms with Crippen LogP contribution in [-0.2, 0) is 5.54 Å². The minimum atomic E-state index is -2.73. The summed E-state index contributed by atoms with van der Waals surface area (Å²) in [6.45, 7) is 3.93. The molecule has 2 aromatic carbocycles. The topological polar surface area (TPSA) is 94.6 Å². The summed E-state index contributed by atoms with van der Waals surface area (Å²) in [4.78, 5) is 31.0. The van der Waals surface area contributed by atoms with E-state index in [0.717, 1.165) is 5.39 Å². The summed E-state index contributed by atoms with van der Waals surface area (Å²) in [5.74, 6) is -2.77. The van der Waals surface area contributed by atoms with E-state index in [0.29, 0.717) is 41.1 Å². The summed E-state index contributed by atoms with van der Waals surface area (Å²) in [6.07, 6.45) is -1.34. The number of para-hydroxylation sites is 1. The van der Waals surface area contributed by atoms with Gasteiger partial charge in [0.1, 0.15) is 5.82 Å². The largest absolute Gasteiger partial charge is 0.465 e. The van der Waals surface area contributed by atoms with Crippen LogP contribution >= 0.6 is 0 Å². The van der Waals surface area contributed by atoms with Crippen molar-refractivity contribution in [1.82, 2.24) is 10.3 Å². The molecule has 1 aliphatic rings. The Morgan fingerprint density at radius 2 is 1.83 bits per heavy atom. The second-order valence-electron chi connectivity index (χ2n) is 9.34. The minimum Gasteiger partial charge on any atom is -0.465 e. The summed E-state index contributed by atoms with van der Waals surface area (Å²) in [5, 5.41) is 15.2. The third-order valence-corrected chi connectivity index (χ3v) is 6.23. The van der Waals surface area contributed by atoms with Gasteiger partial charge in [0.05, 0.1) is 16.6 Å². The number of pyridine rings is 1. The highest BCUT2D eigenvalue weighted by Crippen LogP contribution is 2.32. The van der Waals surface area contributed by atoms with Crippen LogP contribution in [0.1, 0.15) is 49.0 Å². The third-order valence-electron chi connectivity index (χ3n) is 6.23. The number of carbonyl (C=O) groups excluding carboxylic acids is 1. The number of anilines is 2. The molecule has 1 saturated heterocycles. The Labute approximate surface area is 202 Å². The summed E-state index contributed by atoms with van der Waals surface area (Å²) in [6, 6.07) is 16.0. The number of amides is 2. The Kier molecular flexibility index (Phi) is 6.60. The highest BCUT2D eigenvalue weighted by atomic mass is 19.3. The SMILES string of the molecule is CC(C)(NC(=O)O)c1cccc(NC(=O)c2cc3ccccc3nc2N2CCCC(F)(F)CC2)c1. The van der Waals surface area contributed by atoms with Crippen LogP contribution in [0.2, 0.25) is 0 Å². The molecule has 3 N–H and O–H groups in total. The first kappa shape index (κ1) is 24.4. The van der Waals surface area contributed by atoms with Gasteiger partial charge >= 0.3 is 6.09 Å². The van der Waals surface area contributed by atoms with Crippen LogP contribution < -0.4 is 15.5 Å². The lowest BCUT2D eigenvalue weighted by Gasteiger charge is -2.26. The fraction of sp³-hybridized carbons (Fsp3) is 0.346. The second kappa shape index (κ2) is 9.48. The first-order valence-electron chi connectivity index (χ1n) is 11.5. The lowest BCUT2D eigenvalue weighted by Crippen LogP contribution is -2.40. The number of carbonyl (C=O) groups is 2. The van der Waals surface area contributed by atoms with Gasteiger partial charge in [0, 0.05) is 37.0 Å². The average Bonchev–Trinajstić information content (AvgIpc) is 2.98. The van der Waals surface area contributed by atoms with Crippen molar-refractivity contribution in [1.29, 1.82) is 0 Å². The molecule has 9 heteroatoms. The number of alkyl halides is 2. The molecule has 2 amide bonds. The molecule has 184 valence electrons. The average molecular weight is 483 g/mol. The van der Waals surface area contributed by atoms with Crippen molar-refractivity contribution >= 4 is 34.4 Å². The van der Waals surface area contributed by atoms with E-state index in [1.54, 1.807) is 49.1 Å². The van der Waals surface area contributed by atoms with Crippen LogP contribution in [0.25, 0.3) is 10.9 Å². The van der Waals surface area contributed by atoms with Gasteiger partial charge in [0.25, 0.3) is 5.91 Å². The van der Waals surface area contributed by atoms with Gasteiger partial charge in [-0.05, 0) is 50.1 Å². The van der Waals surface area contributed by atoms with E-state index >= 15 is 0 Å². The minimum absolute atomic E-state index is 0.100. The van der Waals surface area contributed by atoms with Crippen molar-refractivity contribution in [2.24, 2.45) is 0 Å². The molecule has 3 aromatic rings. The molecular formula is C26H28F2N4O3. The Balaban J connectivity index is 1.67. The molecule has 1 aromatic heterocycles. The number of hydrogen-bond donors (Lipinski definition) is 3. The van der Waals surface area contributed by atoms with E-state index in [1.807, 2.05) is 24.3 Å². The quantitative estimate of drug-likeness (QED) is 0.439. The van der Waals surface area contributed by atoms with Crippen molar-refractivity contribution in [3.05, 3.63) is 65.7 Å². The zero-order chi connectivity index (χ0) is 25.2. The number of halogens is 2. The molecule has 0 unspecified atom stereocenters. The van der Waals surface area contributed by atoms with Crippen molar-refractivity contribution in [3.63, 3.8) is 0 Å². The molecule has 0 bridgehead atoms. The van der Waals surface area contributed by atoms with Gasteiger partial charge in [-0.15, -0.1) is 0 Å². The van der Waals surface area contributed by atoms with Gasteiger partial charge in [-0.2, -0.15) is 0 Å². The molecule has 2 heterocycles.